The van der Waals surface area contributed by atoms with Gasteiger partial charge in [0, 0.05) is 30.4 Å². The summed E-state index contributed by atoms with van der Waals surface area (Å²) in [5.41, 5.74) is 2.00. The fourth-order valence-corrected chi connectivity index (χ4v) is 3.63. The lowest BCUT2D eigenvalue weighted by Crippen LogP contribution is -2.35. The van der Waals surface area contributed by atoms with Gasteiger partial charge in [0.2, 0.25) is 11.8 Å². The van der Waals surface area contributed by atoms with Gasteiger partial charge in [-0.2, -0.15) is 0 Å². The highest BCUT2D eigenvalue weighted by Crippen LogP contribution is 2.25. The molecule has 0 radical (unpaired) electrons. The third kappa shape index (κ3) is 5.89. The second kappa shape index (κ2) is 10.0. The molecule has 0 spiro atoms. The molecule has 1 aliphatic rings. The zero-order valence-corrected chi connectivity index (χ0v) is 17.5. The molecule has 7 nitrogen and oxygen atoms in total. The van der Waals surface area contributed by atoms with Crippen molar-refractivity contribution >= 4 is 29.2 Å². The molecule has 1 heterocycles. The Bertz CT molecular complexity index is 922. The summed E-state index contributed by atoms with van der Waals surface area (Å²) in [5, 5.41) is 5.62. The van der Waals surface area contributed by atoms with Gasteiger partial charge in [0.15, 0.2) is 0 Å². The molecular formula is C23H28N4O3. The normalized spacial score (nSPS) is 14.1. The first-order valence-corrected chi connectivity index (χ1v) is 10.3. The minimum absolute atomic E-state index is 0.0117. The van der Waals surface area contributed by atoms with E-state index < -0.39 is 0 Å². The van der Waals surface area contributed by atoms with Crippen LogP contribution in [0.3, 0.4) is 0 Å². The van der Waals surface area contributed by atoms with Gasteiger partial charge >= 0.3 is 0 Å². The topological polar surface area (TPSA) is 91.4 Å². The van der Waals surface area contributed by atoms with E-state index in [-0.39, 0.29) is 30.2 Å². The third-order valence-corrected chi connectivity index (χ3v) is 5.26. The molecule has 1 saturated carbocycles. The standard InChI is InChI=1S/C23H28N4O3/c1-16-11-12-24-20(13-16)26-21(28)15-27(2)23(30)18-9-6-10-19(14-18)25-22(29)17-7-4-3-5-8-17/h6,9-14,17H,3-5,7-8,15H2,1-2H3,(H,25,29)(H,24,26,28). The molecular weight excluding hydrogens is 380 g/mol. The predicted octanol–water partition coefficient (Wildman–Crippen LogP) is 3.62. The van der Waals surface area contributed by atoms with Gasteiger partial charge in [-0.05, 0) is 55.7 Å². The molecule has 1 aromatic carbocycles. The Hall–Kier alpha value is -3.22. The van der Waals surface area contributed by atoms with E-state index in [9.17, 15) is 14.4 Å². The number of carbonyl (C=O) groups is 3. The van der Waals surface area contributed by atoms with Gasteiger partial charge < -0.3 is 15.5 Å². The van der Waals surface area contributed by atoms with E-state index >= 15 is 0 Å². The first-order valence-electron chi connectivity index (χ1n) is 10.3. The molecule has 158 valence electrons. The van der Waals surface area contributed by atoms with Crippen molar-refractivity contribution < 1.29 is 14.4 Å². The summed E-state index contributed by atoms with van der Waals surface area (Å²) in [4.78, 5) is 42.9. The minimum Gasteiger partial charge on any atom is -0.332 e. The molecule has 2 N–H and O–H groups in total. The van der Waals surface area contributed by atoms with Crippen LogP contribution in [0.4, 0.5) is 11.5 Å². The van der Waals surface area contributed by atoms with Crippen LogP contribution in [-0.4, -0.2) is 41.2 Å². The first kappa shape index (κ1) is 21.5. The van der Waals surface area contributed by atoms with Crippen molar-refractivity contribution in [2.24, 2.45) is 5.92 Å². The smallest absolute Gasteiger partial charge is 0.254 e. The van der Waals surface area contributed by atoms with Crippen LogP contribution in [-0.2, 0) is 9.59 Å². The molecule has 0 aliphatic heterocycles. The average Bonchev–Trinajstić information content (AvgIpc) is 2.74. The number of aryl methyl sites for hydroxylation is 1. The zero-order valence-electron chi connectivity index (χ0n) is 17.5. The Kier molecular flexibility index (Phi) is 7.17. The summed E-state index contributed by atoms with van der Waals surface area (Å²) >= 11 is 0. The fraction of sp³-hybridized carbons (Fsp3) is 0.391. The summed E-state index contributed by atoms with van der Waals surface area (Å²) < 4.78 is 0. The van der Waals surface area contributed by atoms with Crippen molar-refractivity contribution in [2.45, 2.75) is 39.0 Å². The van der Waals surface area contributed by atoms with E-state index in [2.05, 4.69) is 15.6 Å². The predicted molar refractivity (Wildman–Crippen MR) is 116 cm³/mol. The summed E-state index contributed by atoms with van der Waals surface area (Å²) in [7, 11) is 1.57. The molecule has 2 aromatic rings. The van der Waals surface area contributed by atoms with Crippen LogP contribution in [0.2, 0.25) is 0 Å². The van der Waals surface area contributed by atoms with Gasteiger partial charge in [0.1, 0.15) is 5.82 Å². The van der Waals surface area contributed by atoms with E-state index in [0.29, 0.717) is 17.1 Å². The maximum Gasteiger partial charge on any atom is 0.254 e. The summed E-state index contributed by atoms with van der Waals surface area (Å²) in [6, 6.07) is 10.4. The molecule has 0 atom stereocenters. The molecule has 7 heteroatoms. The first-order chi connectivity index (χ1) is 14.4. The summed E-state index contributed by atoms with van der Waals surface area (Å²) in [6.45, 7) is 1.81. The van der Waals surface area contributed by atoms with Crippen molar-refractivity contribution in [3.63, 3.8) is 0 Å². The van der Waals surface area contributed by atoms with Crippen LogP contribution in [0.5, 0.6) is 0 Å². The number of hydrogen-bond acceptors (Lipinski definition) is 4. The Morgan fingerprint density at radius 1 is 1.07 bits per heavy atom. The molecule has 3 rings (SSSR count). The van der Waals surface area contributed by atoms with Gasteiger partial charge in [0.25, 0.3) is 5.91 Å². The number of benzene rings is 1. The quantitative estimate of drug-likeness (QED) is 0.764. The van der Waals surface area contributed by atoms with Crippen LogP contribution in [0.25, 0.3) is 0 Å². The number of nitrogens with one attached hydrogen (secondary N) is 2. The summed E-state index contributed by atoms with van der Waals surface area (Å²) in [6.07, 6.45) is 6.81. The van der Waals surface area contributed by atoms with E-state index in [1.807, 2.05) is 13.0 Å². The van der Waals surface area contributed by atoms with Gasteiger partial charge in [-0.3, -0.25) is 14.4 Å². The number of amides is 3. The third-order valence-electron chi connectivity index (χ3n) is 5.26. The number of rotatable bonds is 6. The Labute approximate surface area is 176 Å². The van der Waals surface area contributed by atoms with Crippen LogP contribution in [0.15, 0.2) is 42.6 Å². The van der Waals surface area contributed by atoms with Crippen LogP contribution in [0.1, 0.15) is 48.0 Å². The van der Waals surface area contributed by atoms with Crippen molar-refractivity contribution in [2.75, 3.05) is 24.2 Å². The molecule has 1 aliphatic carbocycles. The average molecular weight is 409 g/mol. The lowest BCUT2D eigenvalue weighted by Gasteiger charge is -2.21. The largest absolute Gasteiger partial charge is 0.332 e. The number of carbonyl (C=O) groups excluding carboxylic acids is 3. The Morgan fingerprint density at radius 3 is 2.57 bits per heavy atom. The number of pyridine rings is 1. The number of aromatic nitrogens is 1. The van der Waals surface area contributed by atoms with Crippen LogP contribution in [0, 0.1) is 12.8 Å². The van der Waals surface area contributed by atoms with Crippen molar-refractivity contribution in [1.29, 1.82) is 0 Å². The van der Waals surface area contributed by atoms with E-state index in [1.165, 1.54) is 11.3 Å². The van der Waals surface area contributed by atoms with Crippen molar-refractivity contribution in [3.8, 4) is 0 Å². The molecule has 1 fully saturated rings. The second-order valence-electron chi connectivity index (χ2n) is 7.83. The number of nitrogens with zero attached hydrogens (tertiary/aromatic N) is 2. The SMILES string of the molecule is Cc1ccnc(NC(=O)CN(C)C(=O)c2cccc(NC(=O)C3CCCCC3)c2)c1. The highest BCUT2D eigenvalue weighted by atomic mass is 16.2. The molecule has 0 saturated heterocycles. The zero-order chi connectivity index (χ0) is 21.5. The number of anilines is 2. The minimum atomic E-state index is -0.328. The molecule has 30 heavy (non-hydrogen) atoms. The molecule has 0 unspecified atom stereocenters. The van der Waals surface area contributed by atoms with Crippen molar-refractivity contribution in [3.05, 3.63) is 53.7 Å². The number of hydrogen-bond donors (Lipinski definition) is 2. The Balaban J connectivity index is 1.58. The highest BCUT2D eigenvalue weighted by molar-refractivity contribution is 6.00. The van der Waals surface area contributed by atoms with Gasteiger partial charge in [-0.15, -0.1) is 0 Å². The lowest BCUT2D eigenvalue weighted by atomic mass is 9.88. The fourth-order valence-electron chi connectivity index (χ4n) is 3.63. The molecule has 3 amide bonds. The van der Waals surface area contributed by atoms with E-state index in [0.717, 1.165) is 31.2 Å². The number of likely N-dealkylation sites (N-methyl/N-ethyl adjacent to an activating group) is 1. The van der Waals surface area contributed by atoms with Gasteiger partial charge in [-0.25, -0.2) is 4.98 Å². The molecule has 0 bridgehead atoms. The maximum absolute atomic E-state index is 12.7. The van der Waals surface area contributed by atoms with Crippen LogP contribution >= 0.6 is 0 Å². The maximum atomic E-state index is 12.7. The second-order valence-corrected chi connectivity index (χ2v) is 7.83. The van der Waals surface area contributed by atoms with Gasteiger partial charge in [-0.1, -0.05) is 25.3 Å². The van der Waals surface area contributed by atoms with E-state index in [4.69, 9.17) is 0 Å². The summed E-state index contributed by atoms with van der Waals surface area (Å²) in [5.74, 6) is -0.118. The van der Waals surface area contributed by atoms with Crippen molar-refractivity contribution in [1.82, 2.24) is 9.88 Å². The Morgan fingerprint density at radius 2 is 1.83 bits per heavy atom. The van der Waals surface area contributed by atoms with E-state index in [1.54, 1.807) is 43.6 Å². The lowest BCUT2D eigenvalue weighted by molar-refractivity contribution is -0.120. The molecule has 1 aromatic heterocycles. The van der Waals surface area contributed by atoms with Gasteiger partial charge in [0.05, 0.1) is 6.54 Å². The monoisotopic (exact) mass is 408 g/mol. The van der Waals surface area contributed by atoms with Crippen LogP contribution < -0.4 is 10.6 Å². The highest BCUT2D eigenvalue weighted by Gasteiger charge is 2.21.